The number of hydrogen-bond donors (Lipinski definition) is 0. The van der Waals surface area contributed by atoms with Crippen LogP contribution in [0.15, 0.2) is 146 Å². The Hall–Kier alpha value is -6.34. The Labute approximate surface area is 414 Å². The first-order valence-corrected chi connectivity index (χ1v) is 26.7. The number of nitrogens with zero attached hydrogens (tertiary/aromatic N) is 3. The fourth-order valence-electron chi connectivity index (χ4n) is 13.8. The first kappa shape index (κ1) is 41.6. The van der Waals surface area contributed by atoms with Gasteiger partial charge in [0.1, 0.15) is 0 Å². The van der Waals surface area contributed by atoms with Crippen LogP contribution >= 0.6 is 22.7 Å². The maximum absolute atomic E-state index is 2.80. The van der Waals surface area contributed by atoms with Crippen LogP contribution in [0.3, 0.4) is 0 Å². The molecule has 3 aliphatic heterocycles. The molecule has 4 aliphatic rings. The number of benzene rings is 8. The van der Waals surface area contributed by atoms with Crippen molar-refractivity contribution in [1.82, 2.24) is 0 Å². The van der Waals surface area contributed by atoms with E-state index < -0.39 is 0 Å². The molecule has 10 aromatic rings. The van der Waals surface area contributed by atoms with Crippen molar-refractivity contribution in [1.29, 1.82) is 0 Å². The van der Waals surface area contributed by atoms with Crippen molar-refractivity contribution in [3.8, 4) is 0 Å². The molecule has 2 aromatic heterocycles. The van der Waals surface area contributed by atoms with Crippen LogP contribution in [0.25, 0.3) is 40.3 Å². The molecule has 2 atom stereocenters. The Balaban J connectivity index is 1.09. The van der Waals surface area contributed by atoms with E-state index in [9.17, 15) is 0 Å². The molecule has 14 rings (SSSR count). The Bertz CT molecular complexity index is 3850. The zero-order chi connectivity index (χ0) is 46.9. The minimum atomic E-state index is -0.0693. The van der Waals surface area contributed by atoms with Crippen molar-refractivity contribution >= 4 is 132 Å². The quantitative estimate of drug-likeness (QED) is 0.164. The zero-order valence-electron chi connectivity index (χ0n) is 40.9. The summed E-state index contributed by atoms with van der Waals surface area (Å²) in [5.74, 6) is 0. The minimum Gasteiger partial charge on any atom is -0.334 e. The molecule has 2 unspecified atom stereocenters. The van der Waals surface area contributed by atoms with Gasteiger partial charge in [0.2, 0.25) is 0 Å². The molecular formula is C63H56BN3S2. The third-order valence-corrected chi connectivity index (χ3v) is 19.5. The van der Waals surface area contributed by atoms with Crippen LogP contribution in [0.2, 0.25) is 0 Å². The molecule has 0 bridgehead atoms. The second-order valence-corrected chi connectivity index (χ2v) is 24.3. The Kier molecular flexibility index (Phi) is 8.67. The maximum atomic E-state index is 2.80. The molecule has 0 radical (unpaired) electrons. The summed E-state index contributed by atoms with van der Waals surface area (Å²) >= 11 is 3.85. The number of hydrogen-bond acceptors (Lipinski definition) is 5. The van der Waals surface area contributed by atoms with E-state index in [0.717, 1.165) is 6.42 Å². The van der Waals surface area contributed by atoms with Crippen LogP contribution < -0.4 is 31.1 Å². The van der Waals surface area contributed by atoms with Gasteiger partial charge in [-0.2, -0.15) is 0 Å². The summed E-state index contributed by atoms with van der Waals surface area (Å²) < 4.78 is 5.30. The summed E-state index contributed by atoms with van der Waals surface area (Å²) in [4.78, 5) is 8.13. The highest BCUT2D eigenvalue weighted by atomic mass is 32.1. The highest BCUT2D eigenvalue weighted by Crippen LogP contribution is 2.62. The Morgan fingerprint density at radius 2 is 1.09 bits per heavy atom. The van der Waals surface area contributed by atoms with Crippen molar-refractivity contribution < 1.29 is 0 Å². The van der Waals surface area contributed by atoms with E-state index in [0.29, 0.717) is 0 Å². The molecule has 0 amide bonds. The molecule has 3 nitrogen and oxygen atoms in total. The van der Waals surface area contributed by atoms with Crippen molar-refractivity contribution in [3.05, 3.63) is 173 Å². The molecule has 1 fully saturated rings. The molecule has 6 heteroatoms. The molecule has 0 N–H and O–H groups in total. The van der Waals surface area contributed by atoms with Crippen LogP contribution in [0, 0.1) is 20.8 Å². The predicted octanol–water partition coefficient (Wildman–Crippen LogP) is 16.5. The number of fused-ring (bicyclic) bond motifs is 13. The van der Waals surface area contributed by atoms with Gasteiger partial charge in [-0.05, 0) is 151 Å². The van der Waals surface area contributed by atoms with Crippen LogP contribution in [0.5, 0.6) is 0 Å². The van der Waals surface area contributed by atoms with Gasteiger partial charge in [-0.15, -0.1) is 22.7 Å². The average molecular weight is 930 g/mol. The van der Waals surface area contributed by atoms with Gasteiger partial charge in [-0.25, -0.2) is 0 Å². The highest BCUT2D eigenvalue weighted by molar-refractivity contribution is 7.27. The van der Waals surface area contributed by atoms with Gasteiger partial charge in [-0.3, -0.25) is 0 Å². The lowest BCUT2D eigenvalue weighted by Gasteiger charge is -2.51. The lowest BCUT2D eigenvalue weighted by molar-refractivity contribution is 0.194. The standard InChI is InChI=1S/C63H56BN3S2/c1-37-31-39(3)57-52(32-37)67(63(8)30-14-13-29-62(57,63)7)41-26-27-46-51(36-41)66(50-22-16-20-45-43-18-10-12-24-56(43)69-60(45)50)54-34-38(2)33-53-58(54)64(46)47-35-40(61(4,5)6)25-28-48(47)65(53)49-21-15-19-44-42-17-9-11-23-55(42)68-59(44)49/h9-12,15-28,31-36H,13-14,29-30H2,1-8H3. The molecule has 0 saturated heterocycles. The highest BCUT2D eigenvalue weighted by Gasteiger charge is 2.58. The summed E-state index contributed by atoms with van der Waals surface area (Å²) in [7, 11) is 0. The van der Waals surface area contributed by atoms with E-state index in [1.165, 1.54) is 144 Å². The van der Waals surface area contributed by atoms with Gasteiger partial charge in [0.25, 0.3) is 6.71 Å². The average Bonchev–Trinajstić information content (AvgIpc) is 3.97. The van der Waals surface area contributed by atoms with Gasteiger partial charge < -0.3 is 14.7 Å². The summed E-state index contributed by atoms with van der Waals surface area (Å²) in [6.07, 6.45) is 4.89. The predicted molar refractivity (Wildman–Crippen MR) is 302 cm³/mol. The smallest absolute Gasteiger partial charge is 0.252 e. The van der Waals surface area contributed by atoms with Crippen LogP contribution in [0.4, 0.5) is 45.5 Å². The number of anilines is 8. The molecule has 338 valence electrons. The molecular weight excluding hydrogens is 874 g/mol. The minimum absolute atomic E-state index is 0.0126. The van der Waals surface area contributed by atoms with E-state index in [4.69, 9.17) is 0 Å². The SMILES string of the molecule is Cc1cc2c3c(c1)N(c1cccc4c1sc1ccccc14)c1cc(N4c5cc(C)cc(C)c5C5(C)CCCCC45C)ccc1B3c1cc(C(C)(C)C)ccc1N2c1cccc2c1sc1ccccc12. The summed E-state index contributed by atoms with van der Waals surface area (Å²) in [5.41, 5.74) is 21.2. The topological polar surface area (TPSA) is 9.72 Å². The molecule has 1 aliphatic carbocycles. The number of aryl methyl sites for hydroxylation is 3. The van der Waals surface area contributed by atoms with Gasteiger partial charge >= 0.3 is 0 Å². The molecule has 69 heavy (non-hydrogen) atoms. The van der Waals surface area contributed by atoms with E-state index in [1.807, 2.05) is 22.7 Å². The molecule has 1 saturated carbocycles. The lowest BCUT2D eigenvalue weighted by atomic mass is 9.33. The maximum Gasteiger partial charge on any atom is 0.252 e. The molecule has 0 spiro atoms. The van der Waals surface area contributed by atoms with Gasteiger partial charge in [0.05, 0.1) is 26.3 Å². The van der Waals surface area contributed by atoms with Crippen molar-refractivity contribution in [2.24, 2.45) is 0 Å². The van der Waals surface area contributed by atoms with Crippen molar-refractivity contribution in [2.45, 2.75) is 97.4 Å². The molecule has 5 heterocycles. The van der Waals surface area contributed by atoms with Crippen LogP contribution in [-0.2, 0) is 10.8 Å². The van der Waals surface area contributed by atoms with Gasteiger partial charge in [0.15, 0.2) is 0 Å². The second-order valence-electron chi connectivity index (χ2n) is 22.2. The fraction of sp³-hybridized carbons (Fsp3) is 0.238. The third kappa shape index (κ3) is 5.62. The van der Waals surface area contributed by atoms with E-state index in [1.54, 1.807) is 5.56 Å². The van der Waals surface area contributed by atoms with E-state index in [-0.39, 0.29) is 23.1 Å². The van der Waals surface area contributed by atoms with Crippen molar-refractivity contribution in [2.75, 3.05) is 14.7 Å². The first-order valence-electron chi connectivity index (χ1n) is 25.1. The third-order valence-electron chi connectivity index (χ3n) is 17.1. The van der Waals surface area contributed by atoms with E-state index in [2.05, 4.69) is 216 Å². The number of thiophene rings is 2. The normalized spacial score (nSPS) is 19.4. The second kappa shape index (κ2) is 14.4. The van der Waals surface area contributed by atoms with Gasteiger partial charge in [-0.1, -0.05) is 125 Å². The first-order chi connectivity index (χ1) is 33.3. The van der Waals surface area contributed by atoms with E-state index >= 15 is 0 Å². The van der Waals surface area contributed by atoms with Crippen LogP contribution in [-0.4, -0.2) is 12.3 Å². The Morgan fingerprint density at radius 1 is 0.507 bits per heavy atom. The van der Waals surface area contributed by atoms with Crippen LogP contribution in [0.1, 0.15) is 88.1 Å². The lowest BCUT2D eigenvalue weighted by Crippen LogP contribution is -2.61. The van der Waals surface area contributed by atoms with Crippen molar-refractivity contribution in [3.63, 3.8) is 0 Å². The number of rotatable bonds is 3. The summed E-state index contributed by atoms with van der Waals surface area (Å²) in [5, 5.41) is 5.28. The van der Waals surface area contributed by atoms with Gasteiger partial charge in [0, 0.05) is 70.5 Å². The fourth-order valence-corrected chi connectivity index (χ4v) is 16.3. The summed E-state index contributed by atoms with van der Waals surface area (Å²) in [6.45, 7) is 19.2. The summed E-state index contributed by atoms with van der Waals surface area (Å²) in [6, 6.07) is 56.9. The largest absolute Gasteiger partial charge is 0.334 e. The monoisotopic (exact) mass is 929 g/mol. The Morgan fingerprint density at radius 3 is 1.74 bits per heavy atom. The molecule has 8 aromatic carbocycles. The zero-order valence-corrected chi connectivity index (χ0v) is 42.6.